The first kappa shape index (κ1) is 20.2. The van der Waals surface area contributed by atoms with Crippen molar-refractivity contribution in [3.05, 3.63) is 64.1 Å². The molecule has 0 aliphatic rings. The first-order chi connectivity index (χ1) is 13.4. The van der Waals surface area contributed by atoms with Crippen molar-refractivity contribution in [2.75, 3.05) is 5.75 Å². The zero-order valence-electron chi connectivity index (χ0n) is 14.6. The largest absolute Gasteiger partial charge is 0.305 e. The number of thioether (sulfide) groups is 1. The fourth-order valence-electron chi connectivity index (χ4n) is 2.26. The quantitative estimate of drug-likeness (QED) is 0.473. The average molecular weight is 436 g/mol. The molecular formula is C18H15Cl2N5O2S. The molecule has 0 spiro atoms. The molecular weight excluding hydrogens is 421 g/mol. The molecule has 0 atom stereocenters. The smallest absolute Gasteiger partial charge is 0.269 e. The second-order valence-electron chi connectivity index (χ2n) is 5.67. The number of aromatic nitrogens is 3. The van der Waals surface area contributed by atoms with Crippen LogP contribution in [0.1, 0.15) is 10.4 Å². The maximum absolute atomic E-state index is 12.0. The predicted octanol–water partition coefficient (Wildman–Crippen LogP) is 3.34. The van der Waals surface area contributed by atoms with Gasteiger partial charge in [-0.15, -0.1) is 10.2 Å². The standard InChI is InChI=1S/C18H15Cl2N5O2S/c1-25-16(11-2-6-13(19)7-3-11)22-24-18(25)28-10-15(26)21-23-17(27)12-4-8-14(20)9-5-12/h2-9H,10H2,1H3,(H,21,26)(H,23,27). The van der Waals surface area contributed by atoms with Crippen LogP contribution in [0.4, 0.5) is 0 Å². The van der Waals surface area contributed by atoms with Crippen LogP contribution in [0.3, 0.4) is 0 Å². The third-order valence-electron chi connectivity index (χ3n) is 3.69. The summed E-state index contributed by atoms with van der Waals surface area (Å²) >= 11 is 12.9. The molecule has 1 heterocycles. The maximum Gasteiger partial charge on any atom is 0.269 e. The zero-order valence-corrected chi connectivity index (χ0v) is 17.0. The molecule has 2 aromatic carbocycles. The summed E-state index contributed by atoms with van der Waals surface area (Å²) in [7, 11) is 1.81. The summed E-state index contributed by atoms with van der Waals surface area (Å²) in [6, 6.07) is 13.6. The van der Waals surface area contributed by atoms with Gasteiger partial charge in [0.25, 0.3) is 5.91 Å². The van der Waals surface area contributed by atoms with Crippen LogP contribution in [-0.2, 0) is 11.8 Å². The minimum atomic E-state index is -0.432. The highest BCUT2D eigenvalue weighted by molar-refractivity contribution is 7.99. The van der Waals surface area contributed by atoms with Crippen molar-refractivity contribution < 1.29 is 9.59 Å². The van der Waals surface area contributed by atoms with Crippen molar-refractivity contribution in [2.45, 2.75) is 5.16 Å². The molecule has 0 radical (unpaired) electrons. The summed E-state index contributed by atoms with van der Waals surface area (Å²) in [5.41, 5.74) is 5.97. The number of carbonyl (C=O) groups excluding carboxylic acids is 2. The van der Waals surface area contributed by atoms with E-state index in [1.54, 1.807) is 41.0 Å². The van der Waals surface area contributed by atoms with Crippen LogP contribution in [0.5, 0.6) is 0 Å². The highest BCUT2D eigenvalue weighted by Gasteiger charge is 2.13. The van der Waals surface area contributed by atoms with Gasteiger partial charge in [0.2, 0.25) is 5.91 Å². The molecule has 0 fully saturated rings. The highest BCUT2D eigenvalue weighted by atomic mass is 35.5. The van der Waals surface area contributed by atoms with Gasteiger partial charge in [0.05, 0.1) is 5.75 Å². The molecule has 7 nitrogen and oxygen atoms in total. The van der Waals surface area contributed by atoms with E-state index in [1.165, 1.54) is 11.8 Å². The number of nitrogens with one attached hydrogen (secondary N) is 2. The molecule has 0 saturated carbocycles. The van der Waals surface area contributed by atoms with Gasteiger partial charge >= 0.3 is 0 Å². The van der Waals surface area contributed by atoms with Gasteiger partial charge in [-0.1, -0.05) is 35.0 Å². The van der Waals surface area contributed by atoms with Crippen molar-refractivity contribution in [1.29, 1.82) is 0 Å². The molecule has 0 aliphatic heterocycles. The highest BCUT2D eigenvalue weighted by Crippen LogP contribution is 2.23. The predicted molar refractivity (Wildman–Crippen MR) is 109 cm³/mol. The van der Waals surface area contributed by atoms with Gasteiger partial charge in [-0.05, 0) is 48.5 Å². The second-order valence-corrected chi connectivity index (χ2v) is 7.49. The van der Waals surface area contributed by atoms with Crippen molar-refractivity contribution in [1.82, 2.24) is 25.6 Å². The van der Waals surface area contributed by atoms with Gasteiger partial charge in [-0.3, -0.25) is 20.4 Å². The van der Waals surface area contributed by atoms with Gasteiger partial charge in [-0.25, -0.2) is 0 Å². The average Bonchev–Trinajstić information content (AvgIpc) is 3.06. The molecule has 144 valence electrons. The number of halogens is 2. The topological polar surface area (TPSA) is 88.9 Å². The van der Waals surface area contributed by atoms with Gasteiger partial charge in [0.15, 0.2) is 11.0 Å². The van der Waals surface area contributed by atoms with E-state index in [4.69, 9.17) is 23.2 Å². The Labute approximate surface area is 175 Å². The molecule has 0 saturated heterocycles. The molecule has 1 aromatic heterocycles. The summed E-state index contributed by atoms with van der Waals surface area (Å²) < 4.78 is 1.79. The van der Waals surface area contributed by atoms with Crippen LogP contribution in [0.2, 0.25) is 10.0 Å². The van der Waals surface area contributed by atoms with Crippen molar-refractivity contribution in [2.24, 2.45) is 7.05 Å². The van der Waals surface area contributed by atoms with Crippen molar-refractivity contribution in [3.8, 4) is 11.4 Å². The van der Waals surface area contributed by atoms with E-state index >= 15 is 0 Å². The van der Waals surface area contributed by atoms with Gasteiger partial charge < -0.3 is 4.57 Å². The van der Waals surface area contributed by atoms with Gasteiger partial charge in [0.1, 0.15) is 0 Å². The number of hydrazine groups is 1. The SMILES string of the molecule is Cn1c(SCC(=O)NNC(=O)c2ccc(Cl)cc2)nnc1-c1ccc(Cl)cc1. The summed E-state index contributed by atoms with van der Waals surface area (Å²) in [5, 5.41) is 9.99. The second kappa shape index (κ2) is 9.09. The summed E-state index contributed by atoms with van der Waals surface area (Å²) in [6.45, 7) is 0. The molecule has 0 unspecified atom stereocenters. The summed E-state index contributed by atoms with van der Waals surface area (Å²) in [5.74, 6) is -0.0781. The maximum atomic E-state index is 12.0. The monoisotopic (exact) mass is 435 g/mol. The lowest BCUT2D eigenvalue weighted by Crippen LogP contribution is -2.42. The van der Waals surface area contributed by atoms with E-state index in [1.807, 2.05) is 19.2 Å². The molecule has 0 bridgehead atoms. The van der Waals surface area contributed by atoms with E-state index in [0.29, 0.717) is 26.6 Å². The normalized spacial score (nSPS) is 10.5. The lowest BCUT2D eigenvalue weighted by Gasteiger charge is -2.07. The van der Waals surface area contributed by atoms with Crippen LogP contribution < -0.4 is 10.9 Å². The lowest BCUT2D eigenvalue weighted by atomic mass is 10.2. The number of hydrogen-bond acceptors (Lipinski definition) is 5. The number of nitrogens with zero attached hydrogens (tertiary/aromatic N) is 3. The van der Waals surface area contributed by atoms with Crippen molar-refractivity contribution in [3.63, 3.8) is 0 Å². The molecule has 10 heteroatoms. The first-order valence-corrected chi connectivity index (χ1v) is 9.81. The van der Waals surface area contributed by atoms with Crippen molar-refractivity contribution >= 4 is 46.8 Å². The van der Waals surface area contributed by atoms with Gasteiger partial charge in [0, 0.05) is 28.2 Å². The Morgan fingerprint density at radius 2 is 1.57 bits per heavy atom. The molecule has 3 aromatic rings. The Hall–Kier alpha value is -2.55. The minimum Gasteiger partial charge on any atom is -0.305 e. The Balaban J connectivity index is 1.53. The number of amides is 2. The summed E-state index contributed by atoms with van der Waals surface area (Å²) in [4.78, 5) is 24.0. The van der Waals surface area contributed by atoms with E-state index in [-0.39, 0.29) is 11.7 Å². The first-order valence-electron chi connectivity index (χ1n) is 8.07. The fraction of sp³-hybridized carbons (Fsp3) is 0.111. The third-order valence-corrected chi connectivity index (χ3v) is 5.22. The molecule has 2 N–H and O–H groups in total. The number of hydrogen-bond donors (Lipinski definition) is 2. The third kappa shape index (κ3) is 5.03. The Morgan fingerprint density at radius 1 is 0.964 bits per heavy atom. The van der Waals surface area contributed by atoms with E-state index in [0.717, 1.165) is 5.56 Å². The van der Waals surface area contributed by atoms with Crippen LogP contribution in [0.15, 0.2) is 53.7 Å². The van der Waals surface area contributed by atoms with Crippen LogP contribution in [-0.4, -0.2) is 32.3 Å². The molecule has 0 aliphatic carbocycles. The Bertz CT molecular complexity index is 990. The number of rotatable bonds is 5. The Kier molecular flexibility index (Phi) is 6.56. The zero-order chi connectivity index (χ0) is 20.1. The Morgan fingerprint density at radius 3 is 2.21 bits per heavy atom. The lowest BCUT2D eigenvalue weighted by molar-refractivity contribution is -0.119. The van der Waals surface area contributed by atoms with Crippen LogP contribution >= 0.6 is 35.0 Å². The van der Waals surface area contributed by atoms with Crippen LogP contribution in [0.25, 0.3) is 11.4 Å². The van der Waals surface area contributed by atoms with E-state index in [9.17, 15) is 9.59 Å². The number of carbonyl (C=O) groups is 2. The number of benzene rings is 2. The van der Waals surface area contributed by atoms with Crippen LogP contribution in [0, 0.1) is 0 Å². The van der Waals surface area contributed by atoms with E-state index in [2.05, 4.69) is 21.0 Å². The fourth-order valence-corrected chi connectivity index (χ4v) is 3.22. The molecule has 2 amide bonds. The summed E-state index contributed by atoms with van der Waals surface area (Å²) in [6.07, 6.45) is 0. The van der Waals surface area contributed by atoms with E-state index < -0.39 is 5.91 Å². The minimum absolute atomic E-state index is 0.0630. The molecule has 3 rings (SSSR count). The van der Waals surface area contributed by atoms with Gasteiger partial charge in [-0.2, -0.15) is 0 Å². The molecule has 28 heavy (non-hydrogen) atoms.